The number of hydrogen-bond donors (Lipinski definition) is 1. The summed E-state index contributed by atoms with van der Waals surface area (Å²) in [5.74, 6) is 0.295. The first-order valence-corrected chi connectivity index (χ1v) is 6.40. The van der Waals surface area contributed by atoms with Crippen LogP contribution in [0, 0.1) is 11.7 Å². The van der Waals surface area contributed by atoms with Crippen molar-refractivity contribution in [2.24, 2.45) is 5.92 Å². The van der Waals surface area contributed by atoms with E-state index >= 15 is 0 Å². The molecule has 2 unspecified atom stereocenters. The van der Waals surface area contributed by atoms with Crippen molar-refractivity contribution < 1.29 is 9.50 Å². The average molecular weight is 238 g/mol. The van der Waals surface area contributed by atoms with E-state index < -0.39 is 5.60 Å². The fourth-order valence-corrected chi connectivity index (χ4v) is 2.46. The third-order valence-corrected chi connectivity index (χ3v) is 3.07. The normalized spacial score (nSPS) is 16.5. The molecule has 1 rings (SSSR count). The van der Waals surface area contributed by atoms with Gasteiger partial charge in [-0.25, -0.2) is 4.39 Å². The van der Waals surface area contributed by atoms with Crippen LogP contribution < -0.4 is 0 Å². The van der Waals surface area contributed by atoms with Crippen molar-refractivity contribution in [1.29, 1.82) is 0 Å². The monoisotopic (exact) mass is 238 g/mol. The van der Waals surface area contributed by atoms with Crippen LogP contribution in [0.3, 0.4) is 0 Å². The quantitative estimate of drug-likeness (QED) is 0.795. The van der Waals surface area contributed by atoms with Gasteiger partial charge in [0.15, 0.2) is 0 Å². The molecule has 0 saturated carbocycles. The first-order chi connectivity index (χ1) is 7.93. The van der Waals surface area contributed by atoms with E-state index in [1.807, 2.05) is 6.92 Å². The van der Waals surface area contributed by atoms with Gasteiger partial charge >= 0.3 is 0 Å². The van der Waals surface area contributed by atoms with Crippen LogP contribution in [0.1, 0.15) is 45.6 Å². The summed E-state index contributed by atoms with van der Waals surface area (Å²) in [7, 11) is 0. The highest BCUT2D eigenvalue weighted by Crippen LogP contribution is 2.24. The lowest BCUT2D eigenvalue weighted by molar-refractivity contribution is 0.0352. The van der Waals surface area contributed by atoms with Crippen LogP contribution in [0.5, 0.6) is 0 Å². The second-order valence-electron chi connectivity index (χ2n) is 5.40. The molecule has 0 amide bonds. The van der Waals surface area contributed by atoms with Gasteiger partial charge in [-0.2, -0.15) is 0 Å². The Labute approximate surface area is 104 Å². The molecule has 0 aliphatic heterocycles. The first-order valence-electron chi connectivity index (χ1n) is 6.40. The lowest BCUT2D eigenvalue weighted by Crippen LogP contribution is -2.29. The summed E-state index contributed by atoms with van der Waals surface area (Å²) in [5.41, 5.74) is 0.284. The Morgan fingerprint density at radius 2 is 1.88 bits per heavy atom. The highest BCUT2D eigenvalue weighted by molar-refractivity contribution is 5.17. The summed E-state index contributed by atoms with van der Waals surface area (Å²) in [6.45, 7) is 6.19. The Bertz CT molecular complexity index is 329. The zero-order valence-corrected chi connectivity index (χ0v) is 11.0. The summed E-state index contributed by atoms with van der Waals surface area (Å²) in [6, 6.07) is 6.38. The third kappa shape index (κ3) is 5.31. The van der Waals surface area contributed by atoms with Gasteiger partial charge in [-0.1, -0.05) is 38.8 Å². The molecule has 0 fully saturated rings. The van der Waals surface area contributed by atoms with Crippen LogP contribution in [-0.4, -0.2) is 10.7 Å². The Morgan fingerprint density at radius 1 is 1.29 bits per heavy atom. The van der Waals surface area contributed by atoms with E-state index in [-0.39, 0.29) is 5.82 Å². The van der Waals surface area contributed by atoms with E-state index in [9.17, 15) is 9.50 Å². The van der Waals surface area contributed by atoms with Gasteiger partial charge in [0.1, 0.15) is 5.82 Å². The molecule has 0 aromatic heterocycles. The molecule has 1 N–H and O–H groups in total. The summed E-state index contributed by atoms with van der Waals surface area (Å²) in [4.78, 5) is 0. The lowest BCUT2D eigenvalue weighted by atomic mass is 9.86. The second kappa shape index (κ2) is 6.15. The zero-order chi connectivity index (χ0) is 12.9. The number of aliphatic hydroxyl groups is 1. The molecular weight excluding hydrogens is 215 g/mol. The van der Waals surface area contributed by atoms with Gasteiger partial charge in [0.25, 0.3) is 0 Å². The van der Waals surface area contributed by atoms with E-state index in [1.54, 1.807) is 12.1 Å². The van der Waals surface area contributed by atoms with E-state index in [2.05, 4.69) is 13.8 Å². The summed E-state index contributed by atoms with van der Waals surface area (Å²) >= 11 is 0. The fourth-order valence-electron chi connectivity index (χ4n) is 2.46. The van der Waals surface area contributed by atoms with Crippen molar-refractivity contribution in [3.05, 3.63) is 35.6 Å². The van der Waals surface area contributed by atoms with Crippen molar-refractivity contribution in [2.45, 2.75) is 52.1 Å². The summed E-state index contributed by atoms with van der Waals surface area (Å²) in [6.07, 6.45) is 3.66. The van der Waals surface area contributed by atoms with Gasteiger partial charge in [-0.05, 0) is 37.0 Å². The molecule has 1 aromatic rings. The van der Waals surface area contributed by atoms with E-state index in [1.165, 1.54) is 12.1 Å². The lowest BCUT2D eigenvalue weighted by Gasteiger charge is -2.26. The zero-order valence-electron chi connectivity index (χ0n) is 11.0. The third-order valence-electron chi connectivity index (χ3n) is 3.07. The number of benzene rings is 1. The topological polar surface area (TPSA) is 20.2 Å². The molecule has 0 aliphatic carbocycles. The first kappa shape index (κ1) is 14.2. The van der Waals surface area contributed by atoms with Crippen LogP contribution >= 0.6 is 0 Å². The Morgan fingerprint density at radius 3 is 2.41 bits per heavy atom. The number of rotatable bonds is 6. The summed E-state index contributed by atoms with van der Waals surface area (Å²) in [5, 5.41) is 10.3. The fraction of sp³-hybridized carbons (Fsp3) is 0.600. The molecule has 0 saturated heterocycles. The molecular formula is C15H23FO. The Hall–Kier alpha value is -0.890. The van der Waals surface area contributed by atoms with Gasteiger partial charge in [-0.3, -0.25) is 0 Å². The van der Waals surface area contributed by atoms with Gasteiger partial charge in [-0.15, -0.1) is 0 Å². The summed E-state index contributed by atoms with van der Waals surface area (Å²) < 4.78 is 12.8. The highest BCUT2D eigenvalue weighted by Gasteiger charge is 2.23. The molecule has 1 nitrogen and oxygen atoms in total. The smallest absolute Gasteiger partial charge is 0.123 e. The minimum absolute atomic E-state index is 0.229. The predicted molar refractivity (Wildman–Crippen MR) is 69.4 cm³/mol. The molecule has 0 bridgehead atoms. The standard InChI is InChI=1S/C15H23FO/c1-4-5-12(2)10-15(3,17)11-13-6-8-14(16)9-7-13/h6-9,12,17H,4-5,10-11H2,1-3H3. The number of hydrogen-bond acceptors (Lipinski definition) is 1. The van der Waals surface area contributed by atoms with Crippen LogP contribution in [0.25, 0.3) is 0 Å². The van der Waals surface area contributed by atoms with E-state index in [0.29, 0.717) is 12.3 Å². The largest absolute Gasteiger partial charge is 0.390 e. The van der Waals surface area contributed by atoms with Gasteiger partial charge < -0.3 is 5.11 Å². The maximum Gasteiger partial charge on any atom is 0.123 e. The molecule has 2 heteroatoms. The maximum atomic E-state index is 12.8. The number of halogens is 1. The van der Waals surface area contributed by atoms with Crippen LogP contribution in [-0.2, 0) is 6.42 Å². The van der Waals surface area contributed by atoms with Crippen molar-refractivity contribution >= 4 is 0 Å². The van der Waals surface area contributed by atoms with E-state index in [0.717, 1.165) is 24.8 Å². The molecule has 0 spiro atoms. The minimum atomic E-state index is -0.702. The van der Waals surface area contributed by atoms with Gasteiger partial charge in [0.05, 0.1) is 5.60 Å². The Balaban J connectivity index is 2.56. The molecule has 2 atom stereocenters. The van der Waals surface area contributed by atoms with Crippen LogP contribution in [0.15, 0.2) is 24.3 Å². The minimum Gasteiger partial charge on any atom is -0.390 e. The predicted octanol–water partition coefficient (Wildman–Crippen LogP) is 3.95. The second-order valence-corrected chi connectivity index (χ2v) is 5.40. The SMILES string of the molecule is CCCC(C)CC(C)(O)Cc1ccc(F)cc1. The van der Waals surface area contributed by atoms with Gasteiger partial charge in [0.2, 0.25) is 0 Å². The highest BCUT2D eigenvalue weighted by atomic mass is 19.1. The average Bonchev–Trinajstić information content (AvgIpc) is 2.20. The van der Waals surface area contributed by atoms with Gasteiger partial charge in [0, 0.05) is 6.42 Å². The van der Waals surface area contributed by atoms with Crippen LogP contribution in [0.2, 0.25) is 0 Å². The molecule has 0 radical (unpaired) electrons. The van der Waals surface area contributed by atoms with Crippen molar-refractivity contribution in [2.75, 3.05) is 0 Å². The molecule has 17 heavy (non-hydrogen) atoms. The van der Waals surface area contributed by atoms with Crippen LogP contribution in [0.4, 0.5) is 4.39 Å². The molecule has 0 heterocycles. The molecule has 96 valence electrons. The van der Waals surface area contributed by atoms with Crippen molar-refractivity contribution in [1.82, 2.24) is 0 Å². The molecule has 0 aliphatic rings. The van der Waals surface area contributed by atoms with Crippen molar-refractivity contribution in [3.8, 4) is 0 Å². The Kier molecular flexibility index (Phi) is 5.13. The molecule has 1 aromatic carbocycles. The van der Waals surface area contributed by atoms with E-state index in [4.69, 9.17) is 0 Å². The van der Waals surface area contributed by atoms with Crippen molar-refractivity contribution in [3.63, 3.8) is 0 Å². The maximum absolute atomic E-state index is 12.8.